The predicted molar refractivity (Wildman–Crippen MR) is 48.5 cm³/mol. The molecule has 2 rings (SSSR count). The first kappa shape index (κ1) is 7.32. The van der Waals surface area contributed by atoms with E-state index >= 15 is 0 Å². The normalized spacial score (nSPS) is 10.0. The molecule has 0 fully saturated rings. The molecule has 0 aliphatic carbocycles. The van der Waals surface area contributed by atoms with Gasteiger partial charge in [0.2, 0.25) is 0 Å². The van der Waals surface area contributed by atoms with Crippen molar-refractivity contribution in [3.05, 3.63) is 28.5 Å². The SMILES string of the molecule is N#Cc1c[nH]c2nc(Br)ccc12. The smallest absolute Gasteiger partial charge is 0.139 e. The van der Waals surface area contributed by atoms with Crippen LogP contribution in [0.1, 0.15) is 5.56 Å². The van der Waals surface area contributed by atoms with Crippen LogP contribution in [0.2, 0.25) is 0 Å². The molecule has 0 saturated carbocycles. The number of nitrogens with zero attached hydrogens (tertiary/aromatic N) is 2. The van der Waals surface area contributed by atoms with Gasteiger partial charge in [0.05, 0.1) is 5.56 Å². The maximum atomic E-state index is 8.68. The molecule has 0 aromatic carbocycles. The fourth-order valence-corrected chi connectivity index (χ4v) is 1.38. The van der Waals surface area contributed by atoms with E-state index in [9.17, 15) is 0 Å². The van der Waals surface area contributed by atoms with Gasteiger partial charge < -0.3 is 4.98 Å². The Balaban J connectivity index is 2.84. The molecule has 0 spiro atoms. The summed E-state index contributed by atoms with van der Waals surface area (Å²) in [5.41, 5.74) is 1.37. The van der Waals surface area contributed by atoms with Gasteiger partial charge in [-0.05, 0) is 28.1 Å². The molecule has 2 aromatic rings. The Kier molecular flexibility index (Phi) is 1.59. The van der Waals surface area contributed by atoms with E-state index in [1.54, 1.807) is 6.20 Å². The number of rotatable bonds is 0. The second kappa shape index (κ2) is 2.61. The summed E-state index contributed by atoms with van der Waals surface area (Å²) in [5, 5.41) is 9.55. The molecule has 4 heteroatoms. The van der Waals surface area contributed by atoms with Gasteiger partial charge in [0.15, 0.2) is 0 Å². The van der Waals surface area contributed by atoms with Crippen molar-refractivity contribution >= 4 is 27.0 Å². The van der Waals surface area contributed by atoms with Crippen molar-refractivity contribution in [1.82, 2.24) is 9.97 Å². The van der Waals surface area contributed by atoms with Crippen molar-refractivity contribution < 1.29 is 0 Å². The van der Waals surface area contributed by atoms with E-state index in [2.05, 4.69) is 32.0 Å². The quantitative estimate of drug-likeness (QED) is 0.694. The minimum Gasteiger partial charge on any atom is -0.345 e. The highest BCUT2D eigenvalue weighted by atomic mass is 79.9. The van der Waals surface area contributed by atoms with Crippen LogP contribution < -0.4 is 0 Å². The van der Waals surface area contributed by atoms with Crippen molar-refractivity contribution in [2.45, 2.75) is 0 Å². The highest BCUT2D eigenvalue weighted by Gasteiger charge is 2.02. The third-order valence-electron chi connectivity index (χ3n) is 1.63. The van der Waals surface area contributed by atoms with Crippen molar-refractivity contribution in [2.75, 3.05) is 0 Å². The molecular formula is C8H4BrN3. The van der Waals surface area contributed by atoms with Crippen LogP contribution in [0, 0.1) is 11.3 Å². The lowest BCUT2D eigenvalue weighted by Gasteiger charge is -1.89. The molecule has 3 nitrogen and oxygen atoms in total. The summed E-state index contributed by atoms with van der Waals surface area (Å²) in [6, 6.07) is 5.76. The Bertz CT molecular complexity index is 467. The Labute approximate surface area is 77.2 Å². The van der Waals surface area contributed by atoms with E-state index in [-0.39, 0.29) is 0 Å². The van der Waals surface area contributed by atoms with Gasteiger partial charge in [-0.2, -0.15) is 5.26 Å². The molecule has 2 aromatic heterocycles. The zero-order valence-corrected chi connectivity index (χ0v) is 7.59. The maximum Gasteiger partial charge on any atom is 0.139 e. The van der Waals surface area contributed by atoms with E-state index < -0.39 is 0 Å². The van der Waals surface area contributed by atoms with Crippen molar-refractivity contribution in [3.63, 3.8) is 0 Å². The van der Waals surface area contributed by atoms with Gasteiger partial charge in [-0.1, -0.05) is 0 Å². The van der Waals surface area contributed by atoms with Gasteiger partial charge in [-0.25, -0.2) is 4.98 Å². The standard InChI is InChI=1S/C8H4BrN3/c9-7-2-1-6-5(3-10)4-11-8(6)12-7/h1-2,4H,(H,11,12). The van der Waals surface area contributed by atoms with Gasteiger partial charge in [0, 0.05) is 11.6 Å². The number of nitriles is 1. The van der Waals surface area contributed by atoms with E-state index in [1.807, 2.05) is 12.1 Å². The average molecular weight is 222 g/mol. The molecule has 0 aliphatic rings. The van der Waals surface area contributed by atoms with E-state index in [1.165, 1.54) is 0 Å². The van der Waals surface area contributed by atoms with Crippen LogP contribution in [0.3, 0.4) is 0 Å². The van der Waals surface area contributed by atoms with Crippen LogP contribution in [0.4, 0.5) is 0 Å². The first-order valence-corrected chi connectivity index (χ1v) is 4.14. The first-order chi connectivity index (χ1) is 5.81. The van der Waals surface area contributed by atoms with Gasteiger partial charge in [-0.3, -0.25) is 0 Å². The molecule has 0 saturated heterocycles. The zero-order chi connectivity index (χ0) is 8.55. The first-order valence-electron chi connectivity index (χ1n) is 3.35. The highest BCUT2D eigenvalue weighted by Crippen LogP contribution is 2.17. The third-order valence-corrected chi connectivity index (χ3v) is 2.07. The third kappa shape index (κ3) is 0.990. The molecular weight excluding hydrogens is 218 g/mol. The average Bonchev–Trinajstić information content (AvgIpc) is 2.46. The fourth-order valence-electron chi connectivity index (χ4n) is 1.07. The molecule has 0 radical (unpaired) electrons. The fraction of sp³-hybridized carbons (Fsp3) is 0. The number of fused-ring (bicyclic) bond motifs is 1. The van der Waals surface area contributed by atoms with Crippen molar-refractivity contribution in [1.29, 1.82) is 5.26 Å². The maximum absolute atomic E-state index is 8.68. The predicted octanol–water partition coefficient (Wildman–Crippen LogP) is 2.20. The lowest BCUT2D eigenvalue weighted by Crippen LogP contribution is -1.76. The molecule has 12 heavy (non-hydrogen) atoms. The van der Waals surface area contributed by atoms with Gasteiger partial charge in [0.1, 0.15) is 16.3 Å². The Morgan fingerprint density at radius 2 is 2.33 bits per heavy atom. The minimum atomic E-state index is 0.630. The number of halogens is 1. The molecule has 0 amide bonds. The minimum absolute atomic E-state index is 0.630. The van der Waals surface area contributed by atoms with Crippen molar-refractivity contribution in [2.24, 2.45) is 0 Å². The van der Waals surface area contributed by atoms with Crippen molar-refractivity contribution in [3.8, 4) is 6.07 Å². The number of H-pyrrole nitrogens is 1. The molecule has 0 aliphatic heterocycles. The van der Waals surface area contributed by atoms with E-state index in [4.69, 9.17) is 5.26 Å². The molecule has 0 unspecified atom stereocenters. The monoisotopic (exact) mass is 221 g/mol. The second-order valence-corrected chi connectivity index (χ2v) is 3.16. The summed E-state index contributed by atoms with van der Waals surface area (Å²) in [7, 11) is 0. The number of hydrogen-bond donors (Lipinski definition) is 1. The Morgan fingerprint density at radius 1 is 1.50 bits per heavy atom. The van der Waals surface area contributed by atoms with Crippen LogP contribution in [0.15, 0.2) is 22.9 Å². The largest absolute Gasteiger partial charge is 0.345 e. The molecule has 58 valence electrons. The molecule has 1 N–H and O–H groups in total. The number of aromatic amines is 1. The van der Waals surface area contributed by atoms with E-state index in [0.29, 0.717) is 5.56 Å². The second-order valence-electron chi connectivity index (χ2n) is 2.34. The summed E-state index contributed by atoms with van der Waals surface area (Å²) in [6.45, 7) is 0. The Hall–Kier alpha value is -1.34. The molecule has 2 heterocycles. The van der Waals surface area contributed by atoms with Gasteiger partial charge in [0.25, 0.3) is 0 Å². The number of aromatic nitrogens is 2. The molecule has 0 atom stereocenters. The summed E-state index contributed by atoms with van der Waals surface area (Å²) >= 11 is 3.25. The molecule has 0 bridgehead atoms. The summed E-state index contributed by atoms with van der Waals surface area (Å²) in [4.78, 5) is 7.07. The summed E-state index contributed by atoms with van der Waals surface area (Å²) < 4.78 is 0.765. The topological polar surface area (TPSA) is 52.5 Å². The Morgan fingerprint density at radius 3 is 3.08 bits per heavy atom. The summed E-state index contributed by atoms with van der Waals surface area (Å²) in [5.74, 6) is 0. The highest BCUT2D eigenvalue weighted by molar-refractivity contribution is 9.10. The number of nitrogens with one attached hydrogen (secondary N) is 1. The summed E-state index contributed by atoms with van der Waals surface area (Å²) in [6.07, 6.45) is 1.66. The number of hydrogen-bond acceptors (Lipinski definition) is 2. The lowest BCUT2D eigenvalue weighted by atomic mass is 10.2. The van der Waals surface area contributed by atoms with Crippen LogP contribution in [-0.4, -0.2) is 9.97 Å². The van der Waals surface area contributed by atoms with Crippen LogP contribution >= 0.6 is 15.9 Å². The number of pyridine rings is 1. The van der Waals surface area contributed by atoms with E-state index in [0.717, 1.165) is 15.6 Å². The van der Waals surface area contributed by atoms with Crippen LogP contribution in [-0.2, 0) is 0 Å². The van der Waals surface area contributed by atoms with Gasteiger partial charge in [-0.15, -0.1) is 0 Å². The van der Waals surface area contributed by atoms with Crippen LogP contribution in [0.25, 0.3) is 11.0 Å². The van der Waals surface area contributed by atoms with Gasteiger partial charge >= 0.3 is 0 Å². The lowest BCUT2D eigenvalue weighted by molar-refractivity contribution is 1.29. The van der Waals surface area contributed by atoms with Crippen LogP contribution in [0.5, 0.6) is 0 Å². The zero-order valence-electron chi connectivity index (χ0n) is 6.00.